The summed E-state index contributed by atoms with van der Waals surface area (Å²) in [5, 5.41) is 2.64. The van der Waals surface area contributed by atoms with Crippen LogP contribution in [0.5, 0.6) is 0 Å². The van der Waals surface area contributed by atoms with Gasteiger partial charge in [-0.25, -0.2) is 17.5 Å². The zero-order chi connectivity index (χ0) is 22.1. The number of hydrogen-bond acceptors (Lipinski definition) is 6. The average Bonchev–Trinajstić information content (AvgIpc) is 2.89. The molecule has 1 saturated heterocycles. The minimum atomic E-state index is -3.77. The number of esters is 1. The van der Waals surface area contributed by atoms with E-state index in [2.05, 4.69) is 5.32 Å². The first-order chi connectivity index (χ1) is 14.1. The van der Waals surface area contributed by atoms with Crippen LogP contribution >= 0.6 is 11.6 Å². The van der Waals surface area contributed by atoms with E-state index in [-0.39, 0.29) is 28.6 Å². The van der Waals surface area contributed by atoms with Crippen LogP contribution in [0.4, 0.5) is 11.4 Å². The Morgan fingerprint density at radius 1 is 1.20 bits per heavy atom. The highest BCUT2D eigenvalue weighted by molar-refractivity contribution is 7.94. The van der Waals surface area contributed by atoms with Gasteiger partial charge in [0.2, 0.25) is 15.9 Å². The zero-order valence-electron chi connectivity index (χ0n) is 16.2. The maximum Gasteiger partial charge on any atom is 0.338 e. The number of amides is 2. The SMILES string of the molecule is CCOC(=O)c1ccc(NC(=O)c2ccc(N3C(=O)[C@H](C)CS3(=O)=O)cc2Cl)cc1. The molecule has 1 N–H and O–H groups in total. The van der Waals surface area contributed by atoms with Crippen LogP contribution in [0.1, 0.15) is 34.6 Å². The fraction of sp³-hybridized carbons (Fsp3) is 0.250. The Kier molecular flexibility index (Phi) is 6.14. The number of hydrogen-bond donors (Lipinski definition) is 1. The number of nitrogens with zero attached hydrogens (tertiary/aromatic N) is 1. The molecule has 30 heavy (non-hydrogen) atoms. The zero-order valence-corrected chi connectivity index (χ0v) is 17.8. The second kappa shape index (κ2) is 8.45. The van der Waals surface area contributed by atoms with E-state index in [1.807, 2.05) is 0 Å². The Morgan fingerprint density at radius 2 is 1.87 bits per heavy atom. The number of rotatable bonds is 5. The maximum atomic E-state index is 12.5. The Balaban J connectivity index is 1.78. The molecule has 1 aliphatic heterocycles. The molecule has 1 aliphatic rings. The van der Waals surface area contributed by atoms with Crippen LogP contribution < -0.4 is 9.62 Å². The number of carbonyl (C=O) groups is 3. The van der Waals surface area contributed by atoms with Crippen LogP contribution in [0.3, 0.4) is 0 Å². The molecule has 0 bridgehead atoms. The molecule has 0 radical (unpaired) electrons. The van der Waals surface area contributed by atoms with Crippen LogP contribution in [0.2, 0.25) is 5.02 Å². The van der Waals surface area contributed by atoms with Gasteiger partial charge in [0, 0.05) is 5.69 Å². The molecular formula is C20H19ClN2O6S. The molecule has 2 amide bonds. The van der Waals surface area contributed by atoms with E-state index >= 15 is 0 Å². The van der Waals surface area contributed by atoms with Gasteiger partial charge in [-0.05, 0) is 49.4 Å². The van der Waals surface area contributed by atoms with Gasteiger partial charge in [-0.2, -0.15) is 0 Å². The van der Waals surface area contributed by atoms with Crippen LogP contribution in [-0.2, 0) is 19.6 Å². The molecular weight excluding hydrogens is 432 g/mol. The summed E-state index contributed by atoms with van der Waals surface area (Å²) in [6, 6.07) is 10.1. The van der Waals surface area contributed by atoms with Gasteiger partial charge in [-0.3, -0.25) is 9.59 Å². The summed E-state index contributed by atoms with van der Waals surface area (Å²) < 4.78 is 30.1. The number of anilines is 2. The lowest BCUT2D eigenvalue weighted by Gasteiger charge is -2.16. The van der Waals surface area contributed by atoms with Crippen LogP contribution in [0.25, 0.3) is 0 Å². The third kappa shape index (κ3) is 4.31. The predicted molar refractivity (Wildman–Crippen MR) is 112 cm³/mol. The Morgan fingerprint density at radius 3 is 2.40 bits per heavy atom. The minimum Gasteiger partial charge on any atom is -0.462 e. The van der Waals surface area contributed by atoms with Crippen molar-refractivity contribution in [3.8, 4) is 0 Å². The fourth-order valence-electron chi connectivity index (χ4n) is 3.00. The predicted octanol–water partition coefficient (Wildman–Crippen LogP) is 3.08. The third-order valence-electron chi connectivity index (χ3n) is 4.45. The van der Waals surface area contributed by atoms with Crippen molar-refractivity contribution in [2.24, 2.45) is 5.92 Å². The molecule has 1 fully saturated rings. The highest BCUT2D eigenvalue weighted by Gasteiger charge is 2.42. The van der Waals surface area contributed by atoms with E-state index in [9.17, 15) is 22.8 Å². The Bertz CT molecular complexity index is 1110. The maximum absolute atomic E-state index is 12.5. The van der Waals surface area contributed by atoms with E-state index in [0.717, 1.165) is 4.31 Å². The molecule has 3 rings (SSSR count). The summed E-state index contributed by atoms with van der Waals surface area (Å²) in [7, 11) is -3.77. The van der Waals surface area contributed by atoms with Crippen molar-refractivity contribution in [3.05, 3.63) is 58.6 Å². The van der Waals surface area contributed by atoms with E-state index in [1.165, 1.54) is 37.3 Å². The largest absolute Gasteiger partial charge is 0.462 e. The molecule has 158 valence electrons. The summed E-state index contributed by atoms with van der Waals surface area (Å²) in [6.45, 7) is 3.50. The van der Waals surface area contributed by atoms with Crippen molar-refractivity contribution in [2.75, 3.05) is 22.0 Å². The normalized spacial score (nSPS) is 17.6. The van der Waals surface area contributed by atoms with Gasteiger partial charge in [0.15, 0.2) is 0 Å². The Hall–Kier alpha value is -2.91. The summed E-state index contributed by atoms with van der Waals surface area (Å²) in [5.74, 6) is -2.44. The Labute approximate surface area is 178 Å². The van der Waals surface area contributed by atoms with E-state index < -0.39 is 33.7 Å². The lowest BCUT2D eigenvalue weighted by molar-refractivity contribution is -0.119. The molecule has 1 heterocycles. The molecule has 0 saturated carbocycles. The number of ether oxygens (including phenoxy) is 1. The summed E-state index contributed by atoms with van der Waals surface area (Å²) >= 11 is 6.19. The van der Waals surface area contributed by atoms with Gasteiger partial charge in [-0.1, -0.05) is 18.5 Å². The first kappa shape index (κ1) is 21.8. The molecule has 2 aromatic carbocycles. The van der Waals surface area contributed by atoms with Gasteiger partial charge in [0.05, 0.1) is 40.1 Å². The van der Waals surface area contributed by atoms with Crippen molar-refractivity contribution in [2.45, 2.75) is 13.8 Å². The topological polar surface area (TPSA) is 110 Å². The van der Waals surface area contributed by atoms with Gasteiger partial charge in [-0.15, -0.1) is 0 Å². The second-order valence-corrected chi connectivity index (χ2v) is 8.97. The van der Waals surface area contributed by atoms with Crippen LogP contribution in [-0.4, -0.2) is 38.6 Å². The molecule has 0 unspecified atom stereocenters. The van der Waals surface area contributed by atoms with Crippen molar-refractivity contribution in [1.29, 1.82) is 0 Å². The number of sulfonamides is 1. The molecule has 0 spiro atoms. The van der Waals surface area contributed by atoms with Crippen molar-refractivity contribution >= 4 is 50.8 Å². The standard InChI is InChI=1S/C20H19ClN2O6S/c1-3-29-20(26)13-4-6-14(7-5-13)22-18(24)16-9-8-15(10-17(16)21)23-19(25)12(2)11-30(23,27)28/h4-10,12H,3,11H2,1-2H3,(H,22,24)/t12-/m1/s1. The molecule has 10 heteroatoms. The monoisotopic (exact) mass is 450 g/mol. The van der Waals surface area contributed by atoms with Crippen LogP contribution in [0, 0.1) is 5.92 Å². The number of nitrogens with one attached hydrogen (secondary N) is 1. The first-order valence-electron chi connectivity index (χ1n) is 9.09. The fourth-order valence-corrected chi connectivity index (χ4v) is 5.08. The number of halogens is 1. The van der Waals surface area contributed by atoms with E-state index in [1.54, 1.807) is 19.1 Å². The average molecular weight is 451 g/mol. The van der Waals surface area contributed by atoms with Gasteiger partial charge >= 0.3 is 5.97 Å². The lowest BCUT2D eigenvalue weighted by Crippen LogP contribution is -2.30. The summed E-state index contributed by atoms with van der Waals surface area (Å²) in [4.78, 5) is 36.4. The van der Waals surface area contributed by atoms with Crippen molar-refractivity contribution in [3.63, 3.8) is 0 Å². The van der Waals surface area contributed by atoms with Gasteiger partial charge in [0.25, 0.3) is 5.91 Å². The smallest absolute Gasteiger partial charge is 0.338 e. The van der Waals surface area contributed by atoms with Gasteiger partial charge in [0.1, 0.15) is 0 Å². The van der Waals surface area contributed by atoms with E-state index in [4.69, 9.17) is 16.3 Å². The third-order valence-corrected chi connectivity index (χ3v) is 6.63. The molecule has 0 aliphatic carbocycles. The second-order valence-electron chi connectivity index (χ2n) is 6.70. The molecule has 0 aromatic heterocycles. The minimum absolute atomic E-state index is 0.00398. The summed E-state index contributed by atoms with van der Waals surface area (Å²) in [6.07, 6.45) is 0. The van der Waals surface area contributed by atoms with Gasteiger partial charge < -0.3 is 10.1 Å². The molecule has 2 aromatic rings. The van der Waals surface area contributed by atoms with Crippen LogP contribution in [0.15, 0.2) is 42.5 Å². The first-order valence-corrected chi connectivity index (χ1v) is 11.1. The summed E-state index contributed by atoms with van der Waals surface area (Å²) in [5.41, 5.74) is 0.971. The number of carbonyl (C=O) groups excluding carboxylic acids is 3. The lowest BCUT2D eigenvalue weighted by atomic mass is 10.1. The van der Waals surface area contributed by atoms with Crippen molar-refractivity contribution < 1.29 is 27.5 Å². The molecule has 8 nitrogen and oxygen atoms in total. The highest BCUT2D eigenvalue weighted by atomic mass is 35.5. The highest BCUT2D eigenvalue weighted by Crippen LogP contribution is 2.31. The quantitative estimate of drug-likeness (QED) is 0.701. The van der Waals surface area contributed by atoms with Crippen molar-refractivity contribution in [1.82, 2.24) is 0 Å². The van der Waals surface area contributed by atoms with E-state index in [0.29, 0.717) is 11.3 Å². The number of benzene rings is 2. The molecule has 1 atom stereocenters.